The van der Waals surface area contributed by atoms with Gasteiger partial charge in [-0.25, -0.2) is 15.0 Å². The van der Waals surface area contributed by atoms with Gasteiger partial charge in [0, 0.05) is 30.4 Å². The van der Waals surface area contributed by atoms with Crippen molar-refractivity contribution < 1.29 is 9.15 Å². The molecule has 5 rings (SSSR count). The fourth-order valence-electron chi connectivity index (χ4n) is 3.34. The second-order valence-electron chi connectivity index (χ2n) is 6.41. The second-order valence-corrected chi connectivity index (χ2v) is 6.41. The largest absolute Gasteiger partial charge is 0.464 e. The summed E-state index contributed by atoms with van der Waals surface area (Å²) < 4.78 is 13.4. The molecule has 0 spiro atoms. The minimum atomic E-state index is 0.533. The van der Waals surface area contributed by atoms with Gasteiger partial charge < -0.3 is 9.15 Å². The monoisotopic (exact) mass is 356 g/mol. The Morgan fingerprint density at radius 3 is 2.78 bits per heavy atom. The first-order valence-electron chi connectivity index (χ1n) is 8.60. The number of aryl methyl sites for hydroxylation is 2. The van der Waals surface area contributed by atoms with Gasteiger partial charge in [-0.05, 0) is 55.3 Å². The van der Waals surface area contributed by atoms with E-state index in [-0.39, 0.29) is 0 Å². The predicted octanol–water partition coefficient (Wildman–Crippen LogP) is 4.95. The molecule has 27 heavy (non-hydrogen) atoms. The van der Waals surface area contributed by atoms with Gasteiger partial charge in [-0.15, -0.1) is 0 Å². The zero-order chi connectivity index (χ0) is 18.4. The van der Waals surface area contributed by atoms with Crippen molar-refractivity contribution in [3.63, 3.8) is 0 Å². The zero-order valence-electron chi connectivity index (χ0n) is 14.9. The molecule has 0 bridgehead atoms. The Morgan fingerprint density at radius 1 is 0.963 bits per heavy atom. The van der Waals surface area contributed by atoms with Gasteiger partial charge in [0.05, 0.1) is 17.3 Å². The van der Waals surface area contributed by atoms with Crippen LogP contribution < -0.4 is 4.74 Å². The Labute approximate surface area is 155 Å². The SMILES string of the molecule is Cc1cc(Oc2nccc3occc23)ccc1-c1c(C)cnc2nccn12. The van der Waals surface area contributed by atoms with Crippen LogP contribution >= 0.6 is 0 Å². The van der Waals surface area contributed by atoms with Crippen LogP contribution in [0.25, 0.3) is 28.0 Å². The molecule has 0 N–H and O–H groups in total. The van der Waals surface area contributed by atoms with Gasteiger partial charge in [-0.2, -0.15) is 0 Å². The van der Waals surface area contributed by atoms with Gasteiger partial charge in [0.25, 0.3) is 0 Å². The normalized spacial score (nSPS) is 11.3. The minimum Gasteiger partial charge on any atom is -0.464 e. The molecule has 0 unspecified atom stereocenters. The van der Waals surface area contributed by atoms with E-state index >= 15 is 0 Å². The highest BCUT2D eigenvalue weighted by Crippen LogP contribution is 2.33. The maximum Gasteiger partial charge on any atom is 0.234 e. The lowest BCUT2D eigenvalue weighted by molar-refractivity contribution is 0.468. The molecule has 5 aromatic rings. The number of pyridine rings is 1. The number of hydrogen-bond acceptors (Lipinski definition) is 5. The first kappa shape index (κ1) is 15.6. The van der Waals surface area contributed by atoms with E-state index < -0.39 is 0 Å². The van der Waals surface area contributed by atoms with E-state index in [2.05, 4.69) is 34.9 Å². The molecule has 0 aliphatic rings. The first-order valence-corrected chi connectivity index (χ1v) is 8.60. The lowest BCUT2D eigenvalue weighted by Gasteiger charge is -2.13. The third-order valence-corrected chi connectivity index (χ3v) is 4.62. The quantitative estimate of drug-likeness (QED) is 0.458. The van der Waals surface area contributed by atoms with E-state index in [1.165, 1.54) is 0 Å². The highest BCUT2D eigenvalue weighted by Gasteiger charge is 2.13. The van der Waals surface area contributed by atoms with Gasteiger partial charge in [0.15, 0.2) is 0 Å². The van der Waals surface area contributed by atoms with Crippen LogP contribution in [0.15, 0.2) is 65.8 Å². The number of ether oxygens (including phenoxy) is 1. The molecule has 4 heterocycles. The Balaban J connectivity index is 1.57. The van der Waals surface area contributed by atoms with Crippen LogP contribution in [0.1, 0.15) is 11.1 Å². The number of furan rings is 1. The van der Waals surface area contributed by atoms with E-state index in [1.807, 2.05) is 41.1 Å². The number of fused-ring (bicyclic) bond motifs is 2. The van der Waals surface area contributed by atoms with E-state index in [9.17, 15) is 0 Å². The van der Waals surface area contributed by atoms with Crippen molar-refractivity contribution >= 4 is 16.7 Å². The number of benzene rings is 1. The molecule has 4 aromatic heterocycles. The van der Waals surface area contributed by atoms with Crippen molar-refractivity contribution in [2.45, 2.75) is 13.8 Å². The van der Waals surface area contributed by atoms with Crippen LogP contribution in [0.3, 0.4) is 0 Å². The molecule has 0 amide bonds. The molecule has 6 heteroatoms. The molecule has 0 aliphatic carbocycles. The number of aromatic nitrogens is 4. The summed E-state index contributed by atoms with van der Waals surface area (Å²) in [5.41, 5.74) is 5.12. The van der Waals surface area contributed by atoms with Crippen molar-refractivity contribution in [2.24, 2.45) is 0 Å². The molecular weight excluding hydrogens is 340 g/mol. The van der Waals surface area contributed by atoms with E-state index in [0.29, 0.717) is 11.7 Å². The second kappa shape index (κ2) is 5.95. The smallest absolute Gasteiger partial charge is 0.234 e. The molecule has 0 saturated carbocycles. The van der Waals surface area contributed by atoms with Crippen LogP contribution in [0.4, 0.5) is 0 Å². The Kier molecular flexibility index (Phi) is 3.43. The van der Waals surface area contributed by atoms with Crippen molar-refractivity contribution in [1.29, 1.82) is 0 Å². The average molecular weight is 356 g/mol. The molecule has 0 atom stereocenters. The lowest BCUT2D eigenvalue weighted by atomic mass is 10.0. The van der Waals surface area contributed by atoms with Crippen molar-refractivity contribution in [2.75, 3.05) is 0 Å². The van der Waals surface area contributed by atoms with E-state index in [1.54, 1.807) is 18.7 Å². The number of imidazole rings is 1. The van der Waals surface area contributed by atoms with Crippen LogP contribution in [-0.4, -0.2) is 19.4 Å². The van der Waals surface area contributed by atoms with E-state index in [4.69, 9.17) is 9.15 Å². The fraction of sp³-hybridized carbons (Fsp3) is 0.0952. The first-order chi connectivity index (χ1) is 13.2. The Morgan fingerprint density at radius 2 is 1.89 bits per heavy atom. The summed E-state index contributed by atoms with van der Waals surface area (Å²) in [4.78, 5) is 13.0. The van der Waals surface area contributed by atoms with Gasteiger partial charge in [-0.3, -0.25) is 4.40 Å². The molecule has 0 aliphatic heterocycles. The zero-order valence-corrected chi connectivity index (χ0v) is 14.9. The number of nitrogens with zero attached hydrogens (tertiary/aromatic N) is 4. The van der Waals surface area contributed by atoms with Crippen molar-refractivity contribution in [1.82, 2.24) is 19.4 Å². The summed E-state index contributed by atoms with van der Waals surface area (Å²) in [6.45, 7) is 4.12. The topological polar surface area (TPSA) is 65.5 Å². The predicted molar refractivity (Wildman–Crippen MR) is 102 cm³/mol. The molecule has 0 fully saturated rings. The Bertz CT molecular complexity index is 1290. The molecule has 0 radical (unpaired) electrons. The van der Waals surface area contributed by atoms with Crippen LogP contribution in [0.5, 0.6) is 11.6 Å². The molecule has 1 aromatic carbocycles. The highest BCUT2D eigenvalue weighted by atomic mass is 16.5. The maximum absolute atomic E-state index is 6.02. The molecule has 132 valence electrons. The van der Waals surface area contributed by atoms with Gasteiger partial charge in [0.1, 0.15) is 11.3 Å². The summed E-state index contributed by atoms with van der Waals surface area (Å²) in [5, 5.41) is 0.851. The summed E-state index contributed by atoms with van der Waals surface area (Å²) in [7, 11) is 0. The van der Waals surface area contributed by atoms with Crippen LogP contribution in [0, 0.1) is 13.8 Å². The van der Waals surface area contributed by atoms with Gasteiger partial charge in [0.2, 0.25) is 11.7 Å². The summed E-state index contributed by atoms with van der Waals surface area (Å²) in [6.07, 6.45) is 8.85. The van der Waals surface area contributed by atoms with Gasteiger partial charge in [-0.1, -0.05) is 0 Å². The van der Waals surface area contributed by atoms with Crippen molar-refractivity contribution in [3.8, 4) is 22.9 Å². The summed E-state index contributed by atoms with van der Waals surface area (Å²) in [5.74, 6) is 1.95. The number of rotatable bonds is 3. The number of hydrogen-bond donors (Lipinski definition) is 0. The lowest BCUT2D eigenvalue weighted by Crippen LogP contribution is -1.99. The van der Waals surface area contributed by atoms with Crippen molar-refractivity contribution in [3.05, 3.63) is 72.5 Å². The standard InChI is InChI=1S/C21H16N4O2/c1-13-11-15(27-20-17-6-10-26-18(17)5-7-22-20)3-4-16(13)19-14(2)12-24-21-23-8-9-25(19)21/h3-12H,1-2H3. The van der Waals surface area contributed by atoms with E-state index in [0.717, 1.165) is 39.1 Å². The molecule has 6 nitrogen and oxygen atoms in total. The maximum atomic E-state index is 6.02. The molecule has 0 saturated heterocycles. The van der Waals surface area contributed by atoms with Crippen LogP contribution in [-0.2, 0) is 0 Å². The fourth-order valence-corrected chi connectivity index (χ4v) is 3.34. The molecular formula is C21H16N4O2. The van der Waals surface area contributed by atoms with Crippen LogP contribution in [0.2, 0.25) is 0 Å². The average Bonchev–Trinajstić information content (AvgIpc) is 3.32. The minimum absolute atomic E-state index is 0.533. The van der Waals surface area contributed by atoms with Gasteiger partial charge >= 0.3 is 0 Å². The third-order valence-electron chi connectivity index (χ3n) is 4.62. The highest BCUT2D eigenvalue weighted by molar-refractivity contribution is 5.82. The third kappa shape index (κ3) is 2.54. The Hall–Kier alpha value is -3.67. The summed E-state index contributed by atoms with van der Waals surface area (Å²) in [6, 6.07) is 9.69. The summed E-state index contributed by atoms with van der Waals surface area (Å²) >= 11 is 0.